The average Bonchev–Trinajstić information content (AvgIpc) is 2.47. The number of likely N-dealkylation sites (N-methyl/N-ethyl adjacent to an activating group) is 1. The van der Waals surface area contributed by atoms with Crippen molar-refractivity contribution in [3.63, 3.8) is 0 Å². The average molecular weight is 263 g/mol. The molecule has 1 fully saturated rings. The van der Waals surface area contributed by atoms with Crippen LogP contribution < -0.4 is 15.5 Å². The fourth-order valence-electron chi connectivity index (χ4n) is 2.56. The number of nitrogens with one attached hydrogen (secondary N) is 2. The lowest BCUT2D eigenvalue weighted by Gasteiger charge is -2.26. The van der Waals surface area contributed by atoms with Crippen LogP contribution in [-0.2, 0) is 0 Å². The van der Waals surface area contributed by atoms with Crippen molar-refractivity contribution in [2.75, 3.05) is 43.0 Å². The molecule has 0 amide bonds. The lowest BCUT2D eigenvalue weighted by molar-refractivity contribution is 0.302. The van der Waals surface area contributed by atoms with Crippen molar-refractivity contribution in [2.45, 2.75) is 25.8 Å². The smallest absolute Gasteiger partial charge is 0.0606 e. The van der Waals surface area contributed by atoms with Crippen molar-refractivity contribution < 1.29 is 5.11 Å². The second-order valence-electron chi connectivity index (χ2n) is 5.02. The monoisotopic (exact) mass is 263 g/mol. The van der Waals surface area contributed by atoms with Crippen LogP contribution in [0.15, 0.2) is 24.3 Å². The number of aliphatic hydroxyl groups is 1. The Bertz CT molecular complexity index is 360. The van der Waals surface area contributed by atoms with Gasteiger partial charge in [0, 0.05) is 30.5 Å². The molecule has 0 aliphatic carbocycles. The summed E-state index contributed by atoms with van der Waals surface area (Å²) in [6, 6.07) is 9.12. The van der Waals surface area contributed by atoms with E-state index in [9.17, 15) is 0 Å². The van der Waals surface area contributed by atoms with Gasteiger partial charge in [0.1, 0.15) is 0 Å². The topological polar surface area (TPSA) is 47.5 Å². The second kappa shape index (κ2) is 7.36. The number of aliphatic hydroxyl groups excluding tert-OH is 1. The van der Waals surface area contributed by atoms with Crippen molar-refractivity contribution >= 4 is 11.4 Å². The molecule has 2 rings (SSSR count). The van der Waals surface area contributed by atoms with E-state index in [1.807, 2.05) is 0 Å². The highest BCUT2D eigenvalue weighted by Crippen LogP contribution is 2.19. The molecule has 0 atom stereocenters. The highest BCUT2D eigenvalue weighted by Gasteiger charge is 2.12. The highest BCUT2D eigenvalue weighted by molar-refractivity contribution is 5.55. The summed E-state index contributed by atoms with van der Waals surface area (Å²) < 4.78 is 0. The third-order valence-corrected chi connectivity index (χ3v) is 3.69. The molecule has 1 saturated heterocycles. The Morgan fingerprint density at radius 2 is 1.95 bits per heavy atom. The van der Waals surface area contributed by atoms with Gasteiger partial charge in [0.15, 0.2) is 0 Å². The first-order valence-electron chi connectivity index (χ1n) is 7.26. The summed E-state index contributed by atoms with van der Waals surface area (Å²) in [6.45, 7) is 6.13. The van der Waals surface area contributed by atoms with E-state index >= 15 is 0 Å². The van der Waals surface area contributed by atoms with Crippen LogP contribution in [0.1, 0.15) is 19.8 Å². The molecule has 1 aliphatic heterocycles. The van der Waals surface area contributed by atoms with E-state index in [1.165, 1.54) is 24.2 Å². The Labute approximate surface area is 115 Å². The number of hydrogen-bond donors (Lipinski definition) is 3. The number of piperidine rings is 1. The van der Waals surface area contributed by atoms with E-state index in [1.54, 1.807) is 0 Å². The van der Waals surface area contributed by atoms with Crippen LogP contribution in [0.25, 0.3) is 0 Å². The summed E-state index contributed by atoms with van der Waals surface area (Å²) in [5.74, 6) is 0. The van der Waals surface area contributed by atoms with Crippen LogP contribution >= 0.6 is 0 Å². The molecule has 1 aromatic carbocycles. The zero-order chi connectivity index (χ0) is 13.5. The van der Waals surface area contributed by atoms with Crippen LogP contribution in [0, 0.1) is 0 Å². The van der Waals surface area contributed by atoms with Gasteiger partial charge in [-0.25, -0.2) is 0 Å². The minimum Gasteiger partial charge on any atom is -0.395 e. The maximum Gasteiger partial charge on any atom is 0.0606 e. The lowest BCUT2D eigenvalue weighted by Crippen LogP contribution is -2.35. The van der Waals surface area contributed by atoms with Crippen LogP contribution in [0.4, 0.5) is 11.4 Å². The third-order valence-electron chi connectivity index (χ3n) is 3.69. The number of benzene rings is 1. The third kappa shape index (κ3) is 4.11. The minimum atomic E-state index is 0.197. The van der Waals surface area contributed by atoms with Gasteiger partial charge in [-0.1, -0.05) is 0 Å². The molecule has 0 bridgehead atoms. The van der Waals surface area contributed by atoms with Crippen molar-refractivity contribution in [2.24, 2.45) is 0 Å². The SMILES string of the molecule is CCN(CCO)c1ccc(NC2CCNCC2)cc1. The summed E-state index contributed by atoms with van der Waals surface area (Å²) in [5, 5.41) is 16.0. The summed E-state index contributed by atoms with van der Waals surface area (Å²) in [6.07, 6.45) is 2.38. The van der Waals surface area contributed by atoms with Gasteiger partial charge in [-0.2, -0.15) is 0 Å². The first-order valence-corrected chi connectivity index (χ1v) is 7.26. The molecule has 1 aromatic rings. The predicted octanol–water partition coefficient (Wildman–Crippen LogP) is 1.67. The molecule has 19 heavy (non-hydrogen) atoms. The minimum absolute atomic E-state index is 0.197. The van der Waals surface area contributed by atoms with E-state index in [4.69, 9.17) is 5.11 Å². The molecule has 0 spiro atoms. The Balaban J connectivity index is 1.93. The van der Waals surface area contributed by atoms with Gasteiger partial charge in [0.05, 0.1) is 6.61 Å². The van der Waals surface area contributed by atoms with Crippen molar-refractivity contribution in [3.05, 3.63) is 24.3 Å². The zero-order valence-electron chi connectivity index (χ0n) is 11.7. The maximum absolute atomic E-state index is 9.04. The molecule has 0 aromatic heterocycles. The first kappa shape index (κ1) is 14.2. The summed E-state index contributed by atoms with van der Waals surface area (Å²) >= 11 is 0. The first-order chi connectivity index (χ1) is 9.33. The van der Waals surface area contributed by atoms with Crippen molar-refractivity contribution in [1.29, 1.82) is 0 Å². The predicted molar refractivity (Wildman–Crippen MR) is 80.9 cm³/mol. The molecular weight excluding hydrogens is 238 g/mol. The van der Waals surface area contributed by atoms with Gasteiger partial charge in [0.25, 0.3) is 0 Å². The summed E-state index contributed by atoms with van der Waals surface area (Å²) in [7, 11) is 0. The number of nitrogens with zero attached hydrogens (tertiary/aromatic N) is 1. The summed E-state index contributed by atoms with van der Waals surface area (Å²) in [4.78, 5) is 2.17. The van der Waals surface area contributed by atoms with Gasteiger partial charge in [-0.15, -0.1) is 0 Å². The second-order valence-corrected chi connectivity index (χ2v) is 5.02. The number of hydrogen-bond acceptors (Lipinski definition) is 4. The Kier molecular flexibility index (Phi) is 5.48. The van der Waals surface area contributed by atoms with E-state index < -0.39 is 0 Å². The molecule has 3 N–H and O–H groups in total. The Morgan fingerprint density at radius 3 is 2.53 bits per heavy atom. The van der Waals surface area contributed by atoms with E-state index in [0.29, 0.717) is 12.6 Å². The fourth-order valence-corrected chi connectivity index (χ4v) is 2.56. The maximum atomic E-state index is 9.04. The standard InChI is InChI=1S/C15H25N3O/c1-2-18(11-12-19)15-5-3-13(4-6-15)17-14-7-9-16-10-8-14/h3-6,14,16-17,19H,2,7-12H2,1H3. The van der Waals surface area contributed by atoms with Gasteiger partial charge in [0.2, 0.25) is 0 Å². The van der Waals surface area contributed by atoms with Gasteiger partial charge < -0.3 is 20.6 Å². The van der Waals surface area contributed by atoms with E-state index in [0.717, 1.165) is 19.6 Å². The van der Waals surface area contributed by atoms with E-state index in [-0.39, 0.29) is 6.61 Å². The normalized spacial score (nSPS) is 16.3. The molecule has 1 heterocycles. The number of anilines is 2. The zero-order valence-corrected chi connectivity index (χ0v) is 11.7. The Morgan fingerprint density at radius 1 is 1.26 bits per heavy atom. The van der Waals surface area contributed by atoms with Gasteiger partial charge in [-0.3, -0.25) is 0 Å². The van der Waals surface area contributed by atoms with Gasteiger partial charge in [-0.05, 0) is 57.1 Å². The van der Waals surface area contributed by atoms with Crippen LogP contribution in [0.2, 0.25) is 0 Å². The number of rotatable bonds is 6. The molecule has 0 saturated carbocycles. The quantitative estimate of drug-likeness (QED) is 0.731. The van der Waals surface area contributed by atoms with Gasteiger partial charge >= 0.3 is 0 Å². The van der Waals surface area contributed by atoms with Crippen molar-refractivity contribution in [3.8, 4) is 0 Å². The molecule has 0 unspecified atom stereocenters. The van der Waals surface area contributed by atoms with Crippen molar-refractivity contribution in [1.82, 2.24) is 5.32 Å². The molecule has 0 radical (unpaired) electrons. The van der Waals surface area contributed by atoms with Crippen LogP contribution in [0.3, 0.4) is 0 Å². The van der Waals surface area contributed by atoms with Crippen LogP contribution in [-0.4, -0.2) is 43.9 Å². The lowest BCUT2D eigenvalue weighted by atomic mass is 10.1. The van der Waals surface area contributed by atoms with E-state index in [2.05, 4.69) is 46.7 Å². The molecule has 4 heteroatoms. The molecule has 106 valence electrons. The Hall–Kier alpha value is -1.26. The highest BCUT2D eigenvalue weighted by atomic mass is 16.3. The molecular formula is C15H25N3O. The molecule has 1 aliphatic rings. The largest absolute Gasteiger partial charge is 0.395 e. The fraction of sp³-hybridized carbons (Fsp3) is 0.600. The molecule has 4 nitrogen and oxygen atoms in total. The van der Waals surface area contributed by atoms with Crippen LogP contribution in [0.5, 0.6) is 0 Å². The summed E-state index contributed by atoms with van der Waals surface area (Å²) in [5.41, 5.74) is 2.36.